The van der Waals surface area contributed by atoms with Gasteiger partial charge in [-0.2, -0.15) is 0 Å². The number of carbonyl (C=O) groups excluding carboxylic acids is 2. The summed E-state index contributed by atoms with van der Waals surface area (Å²) in [5.74, 6) is 0.687. The van der Waals surface area contributed by atoms with Crippen LogP contribution in [0, 0.1) is 11.3 Å². The summed E-state index contributed by atoms with van der Waals surface area (Å²) in [6, 6.07) is 0. The molecule has 0 radical (unpaired) electrons. The number of aryl methyl sites for hydroxylation is 1. The average Bonchev–Trinajstić information content (AvgIpc) is 2.83. The molecule has 6 heteroatoms. The summed E-state index contributed by atoms with van der Waals surface area (Å²) < 4.78 is 0. The number of fused-ring (bicyclic) bond motifs is 1. The third-order valence-corrected chi connectivity index (χ3v) is 5.02. The zero-order valence-corrected chi connectivity index (χ0v) is 15.3. The summed E-state index contributed by atoms with van der Waals surface area (Å²) in [6.45, 7) is 8.41. The normalized spacial score (nSPS) is 17.5. The van der Waals surface area contributed by atoms with E-state index in [-0.39, 0.29) is 17.2 Å². The molecule has 0 aromatic carbocycles. The molecule has 5 nitrogen and oxygen atoms in total. The highest BCUT2D eigenvalue weighted by atomic mass is 32.1. The third kappa shape index (κ3) is 5.30. The first-order chi connectivity index (χ1) is 10.8. The predicted molar refractivity (Wildman–Crippen MR) is 93.6 cm³/mol. The van der Waals surface area contributed by atoms with E-state index in [1.165, 1.54) is 11.3 Å². The lowest BCUT2D eigenvalue weighted by molar-refractivity contribution is -0.128. The summed E-state index contributed by atoms with van der Waals surface area (Å²) in [6.07, 6.45) is 4.29. The Morgan fingerprint density at radius 2 is 2.09 bits per heavy atom. The largest absolute Gasteiger partial charge is 0.356 e. The molecule has 2 N–H and O–H groups in total. The van der Waals surface area contributed by atoms with Crippen molar-refractivity contribution in [3.8, 4) is 0 Å². The van der Waals surface area contributed by atoms with E-state index >= 15 is 0 Å². The van der Waals surface area contributed by atoms with Crippen LogP contribution in [0.3, 0.4) is 0 Å². The summed E-state index contributed by atoms with van der Waals surface area (Å²) in [5, 5.41) is 6.46. The Kier molecular flexibility index (Phi) is 5.79. The Morgan fingerprint density at radius 1 is 1.35 bits per heavy atom. The Hall–Kier alpha value is -1.43. The van der Waals surface area contributed by atoms with E-state index in [0.717, 1.165) is 18.5 Å². The fourth-order valence-electron chi connectivity index (χ4n) is 2.49. The first-order valence-electron chi connectivity index (χ1n) is 8.32. The minimum Gasteiger partial charge on any atom is -0.356 e. The molecule has 0 spiro atoms. The van der Waals surface area contributed by atoms with Gasteiger partial charge in [-0.3, -0.25) is 9.59 Å². The van der Waals surface area contributed by atoms with Crippen molar-refractivity contribution in [2.75, 3.05) is 11.9 Å². The van der Waals surface area contributed by atoms with E-state index in [1.807, 2.05) is 20.8 Å². The first-order valence-corrected chi connectivity index (χ1v) is 9.14. The van der Waals surface area contributed by atoms with Gasteiger partial charge in [-0.1, -0.05) is 27.7 Å². The molecular weight excluding hydrogens is 310 g/mol. The number of carbonyl (C=O) groups is 2. The van der Waals surface area contributed by atoms with Crippen molar-refractivity contribution in [2.24, 2.45) is 11.3 Å². The SMILES string of the molecule is C[C@@H]1CCc2nc(NC(=O)CCCNC(=O)C(C)(C)C)sc2C1. The molecule has 1 aliphatic carbocycles. The molecule has 1 atom stereocenters. The maximum atomic E-state index is 12.0. The van der Waals surface area contributed by atoms with Gasteiger partial charge in [0, 0.05) is 23.3 Å². The highest BCUT2D eigenvalue weighted by Gasteiger charge is 2.21. The van der Waals surface area contributed by atoms with Gasteiger partial charge in [-0.15, -0.1) is 11.3 Å². The second kappa shape index (κ2) is 7.43. The number of aromatic nitrogens is 1. The summed E-state index contributed by atoms with van der Waals surface area (Å²) >= 11 is 1.60. The quantitative estimate of drug-likeness (QED) is 0.811. The average molecular weight is 337 g/mol. The van der Waals surface area contributed by atoms with E-state index in [0.29, 0.717) is 30.4 Å². The van der Waals surface area contributed by atoms with Crippen molar-refractivity contribution in [3.05, 3.63) is 10.6 Å². The van der Waals surface area contributed by atoms with Gasteiger partial charge in [0.25, 0.3) is 0 Å². The van der Waals surface area contributed by atoms with Crippen molar-refractivity contribution in [3.63, 3.8) is 0 Å². The summed E-state index contributed by atoms with van der Waals surface area (Å²) in [7, 11) is 0. The Bertz CT molecular complexity index is 575. The molecule has 0 bridgehead atoms. The Morgan fingerprint density at radius 3 is 2.78 bits per heavy atom. The minimum atomic E-state index is -0.390. The van der Waals surface area contributed by atoms with Crippen molar-refractivity contribution in [1.82, 2.24) is 10.3 Å². The van der Waals surface area contributed by atoms with Crippen LogP contribution in [0.25, 0.3) is 0 Å². The Balaban J connectivity index is 1.72. The molecule has 0 fully saturated rings. The van der Waals surface area contributed by atoms with Gasteiger partial charge in [-0.25, -0.2) is 4.98 Å². The first kappa shape index (κ1) is 17.9. The molecule has 0 saturated heterocycles. The lowest BCUT2D eigenvalue weighted by Crippen LogP contribution is -2.35. The molecule has 0 aliphatic heterocycles. The second-order valence-electron chi connectivity index (χ2n) is 7.39. The Labute approximate surface area is 142 Å². The van der Waals surface area contributed by atoms with Crippen LogP contribution in [0.5, 0.6) is 0 Å². The van der Waals surface area contributed by atoms with Crippen LogP contribution < -0.4 is 10.6 Å². The number of nitrogens with zero attached hydrogens (tertiary/aromatic N) is 1. The molecule has 1 aromatic rings. The van der Waals surface area contributed by atoms with Crippen LogP contribution in [0.2, 0.25) is 0 Å². The van der Waals surface area contributed by atoms with E-state index in [4.69, 9.17) is 0 Å². The molecule has 23 heavy (non-hydrogen) atoms. The number of rotatable bonds is 5. The lowest BCUT2D eigenvalue weighted by Gasteiger charge is -2.17. The molecular formula is C17H27N3O2S. The predicted octanol–water partition coefficient (Wildman–Crippen LogP) is 3.15. The van der Waals surface area contributed by atoms with Gasteiger partial charge in [0.2, 0.25) is 11.8 Å². The van der Waals surface area contributed by atoms with Gasteiger partial charge in [-0.05, 0) is 31.6 Å². The summed E-state index contributed by atoms with van der Waals surface area (Å²) in [5.41, 5.74) is 0.764. The molecule has 1 heterocycles. The number of thiazole rings is 1. The van der Waals surface area contributed by atoms with Crippen molar-refractivity contribution < 1.29 is 9.59 Å². The van der Waals surface area contributed by atoms with E-state index in [9.17, 15) is 9.59 Å². The fourth-order valence-corrected chi connectivity index (χ4v) is 3.68. The molecule has 1 aromatic heterocycles. The number of amides is 2. The minimum absolute atomic E-state index is 0.0135. The maximum absolute atomic E-state index is 12.0. The fraction of sp³-hybridized carbons (Fsp3) is 0.706. The molecule has 0 saturated carbocycles. The molecule has 2 rings (SSSR count). The van der Waals surface area contributed by atoms with Gasteiger partial charge in [0.15, 0.2) is 5.13 Å². The van der Waals surface area contributed by atoms with Crippen molar-refractivity contribution >= 4 is 28.3 Å². The number of nitrogens with one attached hydrogen (secondary N) is 2. The highest BCUT2D eigenvalue weighted by Crippen LogP contribution is 2.32. The van der Waals surface area contributed by atoms with Gasteiger partial charge in [0.05, 0.1) is 5.69 Å². The second-order valence-corrected chi connectivity index (χ2v) is 8.48. The number of anilines is 1. The molecule has 128 valence electrons. The summed E-state index contributed by atoms with van der Waals surface area (Å²) in [4.78, 5) is 29.5. The maximum Gasteiger partial charge on any atom is 0.226 e. The topological polar surface area (TPSA) is 71.1 Å². The molecule has 1 aliphatic rings. The van der Waals surface area contributed by atoms with Gasteiger partial charge in [0.1, 0.15) is 0 Å². The van der Waals surface area contributed by atoms with E-state index in [1.54, 1.807) is 11.3 Å². The van der Waals surface area contributed by atoms with E-state index in [2.05, 4.69) is 22.5 Å². The number of hydrogen-bond donors (Lipinski definition) is 2. The smallest absolute Gasteiger partial charge is 0.226 e. The lowest BCUT2D eigenvalue weighted by atomic mass is 9.93. The van der Waals surface area contributed by atoms with E-state index < -0.39 is 0 Å². The molecule has 0 unspecified atom stereocenters. The number of hydrogen-bond acceptors (Lipinski definition) is 4. The van der Waals surface area contributed by atoms with Crippen LogP contribution in [-0.2, 0) is 22.4 Å². The van der Waals surface area contributed by atoms with Crippen LogP contribution in [-0.4, -0.2) is 23.3 Å². The van der Waals surface area contributed by atoms with Crippen molar-refractivity contribution in [2.45, 2.75) is 59.8 Å². The van der Waals surface area contributed by atoms with Crippen LogP contribution in [0.4, 0.5) is 5.13 Å². The zero-order chi connectivity index (χ0) is 17.0. The van der Waals surface area contributed by atoms with Crippen molar-refractivity contribution in [1.29, 1.82) is 0 Å². The zero-order valence-electron chi connectivity index (χ0n) is 14.5. The van der Waals surface area contributed by atoms with Crippen LogP contribution >= 0.6 is 11.3 Å². The van der Waals surface area contributed by atoms with Gasteiger partial charge >= 0.3 is 0 Å². The van der Waals surface area contributed by atoms with Gasteiger partial charge < -0.3 is 10.6 Å². The van der Waals surface area contributed by atoms with Crippen LogP contribution in [0.15, 0.2) is 0 Å². The highest BCUT2D eigenvalue weighted by molar-refractivity contribution is 7.15. The third-order valence-electron chi connectivity index (χ3n) is 3.98. The van der Waals surface area contributed by atoms with Crippen LogP contribution in [0.1, 0.15) is 57.5 Å². The molecule has 2 amide bonds. The monoisotopic (exact) mass is 337 g/mol. The standard InChI is InChI=1S/C17H27N3O2S/c1-11-7-8-12-13(10-11)23-16(19-12)20-14(21)6-5-9-18-15(22)17(2,3)4/h11H,5-10H2,1-4H3,(H,18,22)(H,19,20,21)/t11-/m1/s1.